The second-order valence-corrected chi connectivity index (χ2v) is 6.27. The Bertz CT molecular complexity index is 437. The van der Waals surface area contributed by atoms with Gasteiger partial charge in [-0.1, -0.05) is 12.8 Å². The number of likely N-dealkylation sites (tertiary alicyclic amines) is 1. The summed E-state index contributed by atoms with van der Waals surface area (Å²) < 4.78 is 0. The van der Waals surface area contributed by atoms with Crippen LogP contribution in [0.5, 0.6) is 0 Å². The van der Waals surface area contributed by atoms with Gasteiger partial charge in [-0.05, 0) is 26.2 Å². The molecule has 1 aliphatic carbocycles. The Labute approximate surface area is 118 Å². The van der Waals surface area contributed by atoms with Crippen LogP contribution in [0.3, 0.4) is 0 Å². The second kappa shape index (κ2) is 5.42. The fraction of sp³-hybridized carbons (Fsp3) is 0.786. The average Bonchev–Trinajstić information content (AvgIpc) is 2.82. The predicted molar refractivity (Wildman–Crippen MR) is 71.6 cm³/mol. The fourth-order valence-corrected chi connectivity index (χ4v) is 3.31. The van der Waals surface area contributed by atoms with Gasteiger partial charge in [0.15, 0.2) is 0 Å². The van der Waals surface area contributed by atoms with E-state index in [1.165, 1.54) is 0 Å². The molecule has 1 unspecified atom stereocenters. The summed E-state index contributed by atoms with van der Waals surface area (Å²) in [4.78, 5) is 36.9. The summed E-state index contributed by atoms with van der Waals surface area (Å²) >= 11 is 0. The molecule has 1 saturated heterocycles. The van der Waals surface area contributed by atoms with Gasteiger partial charge < -0.3 is 15.7 Å². The first kappa shape index (κ1) is 14.8. The zero-order chi connectivity index (χ0) is 14.9. The van der Waals surface area contributed by atoms with Gasteiger partial charge in [-0.15, -0.1) is 0 Å². The summed E-state index contributed by atoms with van der Waals surface area (Å²) in [5.74, 6) is -2.44. The molecular weight excluding hydrogens is 260 g/mol. The van der Waals surface area contributed by atoms with E-state index in [1.54, 1.807) is 11.8 Å². The molecule has 6 nitrogen and oxygen atoms in total. The summed E-state index contributed by atoms with van der Waals surface area (Å²) in [7, 11) is 0. The average molecular weight is 282 g/mol. The molecule has 0 aromatic heterocycles. The minimum atomic E-state index is -0.889. The van der Waals surface area contributed by atoms with Crippen LogP contribution in [0.15, 0.2) is 0 Å². The standard InChI is InChI=1S/C14H22N2O4/c1-14(13(15)20)6-7-16(8-14)11(17)9-4-2-3-5-10(9)12(18)19/h9-10H,2-8H2,1H3,(H2,15,20)(H,18,19)/t9-,10+,14?/m1/s1. The van der Waals surface area contributed by atoms with Crippen molar-refractivity contribution in [3.8, 4) is 0 Å². The van der Waals surface area contributed by atoms with E-state index >= 15 is 0 Å². The van der Waals surface area contributed by atoms with Crippen molar-refractivity contribution in [2.45, 2.75) is 39.0 Å². The zero-order valence-electron chi connectivity index (χ0n) is 11.8. The van der Waals surface area contributed by atoms with Crippen molar-refractivity contribution in [3.63, 3.8) is 0 Å². The van der Waals surface area contributed by atoms with Gasteiger partial charge >= 0.3 is 5.97 Å². The topological polar surface area (TPSA) is 101 Å². The number of carbonyl (C=O) groups excluding carboxylic acids is 2. The van der Waals surface area contributed by atoms with Gasteiger partial charge in [-0.25, -0.2) is 0 Å². The van der Waals surface area contributed by atoms with Gasteiger partial charge in [0, 0.05) is 13.1 Å². The molecule has 3 atom stereocenters. The van der Waals surface area contributed by atoms with Crippen molar-refractivity contribution in [1.29, 1.82) is 0 Å². The minimum Gasteiger partial charge on any atom is -0.481 e. The molecule has 1 heterocycles. The van der Waals surface area contributed by atoms with Crippen molar-refractivity contribution in [2.75, 3.05) is 13.1 Å². The number of rotatable bonds is 3. The number of hydrogen-bond donors (Lipinski definition) is 2. The Morgan fingerprint density at radius 1 is 1.20 bits per heavy atom. The third-order valence-electron chi connectivity index (χ3n) is 4.78. The highest BCUT2D eigenvalue weighted by atomic mass is 16.4. The van der Waals surface area contributed by atoms with E-state index in [4.69, 9.17) is 5.73 Å². The first-order valence-electron chi connectivity index (χ1n) is 7.17. The summed E-state index contributed by atoms with van der Waals surface area (Å²) in [5, 5.41) is 9.25. The quantitative estimate of drug-likeness (QED) is 0.791. The van der Waals surface area contributed by atoms with Crippen molar-refractivity contribution in [1.82, 2.24) is 4.90 Å². The van der Waals surface area contributed by atoms with E-state index in [0.29, 0.717) is 32.4 Å². The lowest BCUT2D eigenvalue weighted by molar-refractivity contribution is -0.152. The molecular formula is C14H22N2O4. The van der Waals surface area contributed by atoms with Crippen LogP contribution in [0.1, 0.15) is 39.0 Å². The molecule has 0 radical (unpaired) electrons. The van der Waals surface area contributed by atoms with E-state index in [2.05, 4.69) is 0 Å². The Balaban J connectivity index is 2.08. The second-order valence-electron chi connectivity index (χ2n) is 6.27. The lowest BCUT2D eigenvalue weighted by Gasteiger charge is -2.31. The molecule has 2 fully saturated rings. The Morgan fingerprint density at radius 2 is 1.80 bits per heavy atom. The maximum absolute atomic E-state index is 12.5. The number of carboxylic acid groups (broad SMARTS) is 1. The monoisotopic (exact) mass is 282 g/mol. The van der Waals surface area contributed by atoms with Crippen LogP contribution in [0.25, 0.3) is 0 Å². The van der Waals surface area contributed by atoms with Gasteiger partial charge in [0.05, 0.1) is 17.3 Å². The number of carboxylic acids is 1. The smallest absolute Gasteiger partial charge is 0.307 e. The number of hydrogen-bond acceptors (Lipinski definition) is 3. The van der Waals surface area contributed by atoms with E-state index in [-0.39, 0.29) is 5.91 Å². The molecule has 6 heteroatoms. The molecule has 1 saturated carbocycles. The number of amides is 2. The molecule has 0 aromatic carbocycles. The number of primary amides is 1. The van der Waals surface area contributed by atoms with Crippen molar-refractivity contribution in [3.05, 3.63) is 0 Å². The van der Waals surface area contributed by atoms with Crippen molar-refractivity contribution >= 4 is 17.8 Å². The van der Waals surface area contributed by atoms with Gasteiger partial charge in [0.2, 0.25) is 11.8 Å². The predicted octanol–water partition coefficient (Wildman–Crippen LogP) is 0.601. The molecule has 2 rings (SSSR count). The molecule has 2 aliphatic rings. The van der Waals surface area contributed by atoms with Crippen molar-refractivity contribution < 1.29 is 19.5 Å². The Morgan fingerprint density at radius 3 is 2.30 bits per heavy atom. The van der Waals surface area contributed by atoms with Crippen LogP contribution < -0.4 is 5.73 Å². The third kappa shape index (κ3) is 2.64. The normalized spacial score (nSPS) is 34.0. The summed E-state index contributed by atoms with van der Waals surface area (Å²) in [5.41, 5.74) is 4.70. The SMILES string of the molecule is CC1(C(N)=O)CCN(C(=O)[C@@H]2CCCC[C@@H]2C(=O)O)C1. The molecule has 0 bridgehead atoms. The van der Waals surface area contributed by atoms with Crippen LogP contribution in [0, 0.1) is 17.3 Å². The van der Waals surface area contributed by atoms with Crippen LogP contribution in [0.4, 0.5) is 0 Å². The maximum atomic E-state index is 12.5. The lowest BCUT2D eigenvalue weighted by atomic mass is 9.78. The van der Waals surface area contributed by atoms with Gasteiger partial charge in [0.25, 0.3) is 0 Å². The fourth-order valence-electron chi connectivity index (χ4n) is 3.31. The first-order chi connectivity index (χ1) is 9.35. The van der Waals surface area contributed by atoms with E-state index < -0.39 is 29.1 Å². The van der Waals surface area contributed by atoms with E-state index in [1.807, 2.05) is 0 Å². The molecule has 20 heavy (non-hydrogen) atoms. The Kier molecular flexibility index (Phi) is 4.01. The largest absolute Gasteiger partial charge is 0.481 e. The lowest BCUT2D eigenvalue weighted by Crippen LogP contribution is -2.44. The van der Waals surface area contributed by atoms with Crippen LogP contribution in [-0.2, 0) is 14.4 Å². The molecule has 2 amide bonds. The van der Waals surface area contributed by atoms with Gasteiger partial charge in [-0.2, -0.15) is 0 Å². The highest BCUT2D eigenvalue weighted by molar-refractivity contribution is 5.87. The first-order valence-corrected chi connectivity index (χ1v) is 7.17. The van der Waals surface area contributed by atoms with E-state index in [0.717, 1.165) is 12.8 Å². The van der Waals surface area contributed by atoms with Crippen molar-refractivity contribution in [2.24, 2.45) is 23.0 Å². The Hall–Kier alpha value is -1.59. The third-order valence-corrected chi connectivity index (χ3v) is 4.78. The zero-order valence-corrected chi connectivity index (χ0v) is 11.8. The highest BCUT2D eigenvalue weighted by Crippen LogP contribution is 2.35. The summed E-state index contributed by atoms with van der Waals surface area (Å²) in [6, 6.07) is 0. The highest BCUT2D eigenvalue weighted by Gasteiger charge is 2.44. The number of nitrogens with two attached hydrogens (primary N) is 1. The molecule has 0 aromatic rings. The van der Waals surface area contributed by atoms with Gasteiger partial charge in [0.1, 0.15) is 0 Å². The molecule has 3 N–H and O–H groups in total. The molecule has 0 spiro atoms. The van der Waals surface area contributed by atoms with E-state index in [9.17, 15) is 19.5 Å². The summed E-state index contributed by atoms with van der Waals surface area (Å²) in [6.07, 6.45) is 3.49. The van der Waals surface area contributed by atoms with Crippen LogP contribution in [-0.4, -0.2) is 40.9 Å². The summed E-state index contributed by atoms with van der Waals surface area (Å²) in [6.45, 7) is 2.56. The maximum Gasteiger partial charge on any atom is 0.307 e. The molecule has 112 valence electrons. The van der Waals surface area contributed by atoms with Crippen LogP contribution >= 0.6 is 0 Å². The molecule has 1 aliphatic heterocycles. The van der Waals surface area contributed by atoms with Crippen LogP contribution in [0.2, 0.25) is 0 Å². The number of carbonyl (C=O) groups is 3. The minimum absolute atomic E-state index is 0.123. The van der Waals surface area contributed by atoms with Gasteiger partial charge in [-0.3, -0.25) is 14.4 Å². The number of aliphatic carboxylic acids is 1. The number of nitrogens with zero attached hydrogens (tertiary/aromatic N) is 1.